The molecule has 0 bridgehead atoms. The van der Waals surface area contributed by atoms with E-state index in [0.717, 1.165) is 28.6 Å². The van der Waals surface area contributed by atoms with Gasteiger partial charge in [-0.1, -0.05) is 23.4 Å². The lowest BCUT2D eigenvalue weighted by molar-refractivity contribution is -0.137. The largest absolute Gasteiger partial charge is 0.416 e. The Morgan fingerprint density at radius 2 is 1.96 bits per heavy atom. The normalized spacial score (nSPS) is 12.0. The maximum atomic E-state index is 12.8. The molecule has 0 aliphatic rings. The Morgan fingerprint density at radius 3 is 2.80 bits per heavy atom. The van der Waals surface area contributed by atoms with Crippen LogP contribution in [0.1, 0.15) is 11.1 Å². The Morgan fingerprint density at radius 1 is 1.08 bits per heavy atom. The van der Waals surface area contributed by atoms with Crippen LogP contribution < -0.4 is 0 Å². The summed E-state index contributed by atoms with van der Waals surface area (Å²) < 4.78 is 39.9. The van der Waals surface area contributed by atoms with Gasteiger partial charge in [-0.25, -0.2) is 4.68 Å². The number of nitrogens with zero attached hydrogens (tertiary/aromatic N) is 4. The smallest absolute Gasteiger partial charge is 0.278 e. The lowest BCUT2D eigenvalue weighted by atomic mass is 10.1. The number of hydrogen-bond acceptors (Lipinski definition) is 3. The van der Waals surface area contributed by atoms with E-state index in [9.17, 15) is 13.2 Å². The van der Waals surface area contributed by atoms with E-state index in [2.05, 4.69) is 20.5 Å². The molecule has 4 aromatic rings. The fourth-order valence-corrected chi connectivity index (χ4v) is 2.64. The summed E-state index contributed by atoms with van der Waals surface area (Å²) in [6, 6.07) is 10.9. The Balaban J connectivity index is 1.59. The summed E-state index contributed by atoms with van der Waals surface area (Å²) in [4.78, 5) is 0. The van der Waals surface area contributed by atoms with E-state index in [-0.39, 0.29) is 6.54 Å². The van der Waals surface area contributed by atoms with E-state index in [1.807, 2.05) is 18.2 Å². The van der Waals surface area contributed by atoms with Crippen LogP contribution in [0.25, 0.3) is 22.2 Å². The zero-order valence-electron chi connectivity index (χ0n) is 12.8. The summed E-state index contributed by atoms with van der Waals surface area (Å²) in [5.74, 6) is 0. The Bertz CT molecular complexity index is 1030. The monoisotopic (exact) mass is 343 g/mol. The third kappa shape index (κ3) is 3.10. The van der Waals surface area contributed by atoms with Gasteiger partial charge in [0.25, 0.3) is 0 Å². The number of aromatic amines is 1. The van der Waals surface area contributed by atoms with E-state index in [0.29, 0.717) is 11.3 Å². The summed E-state index contributed by atoms with van der Waals surface area (Å²) >= 11 is 0. The zero-order valence-corrected chi connectivity index (χ0v) is 12.8. The first-order chi connectivity index (χ1) is 12.0. The molecule has 0 unspecified atom stereocenters. The molecular weight excluding hydrogens is 331 g/mol. The minimum Gasteiger partial charge on any atom is -0.278 e. The number of benzene rings is 2. The second kappa shape index (κ2) is 5.73. The van der Waals surface area contributed by atoms with E-state index in [1.54, 1.807) is 18.5 Å². The fourth-order valence-electron chi connectivity index (χ4n) is 2.64. The molecule has 4 rings (SSSR count). The molecule has 2 heterocycles. The van der Waals surface area contributed by atoms with Crippen molar-refractivity contribution in [1.82, 2.24) is 25.2 Å². The first-order valence-electron chi connectivity index (χ1n) is 7.49. The maximum Gasteiger partial charge on any atom is 0.416 e. The molecular formula is C17H12F3N5. The van der Waals surface area contributed by atoms with Gasteiger partial charge in [0, 0.05) is 10.9 Å². The predicted octanol–water partition coefficient (Wildman–Crippen LogP) is 3.89. The first kappa shape index (κ1) is 15.4. The summed E-state index contributed by atoms with van der Waals surface area (Å²) in [7, 11) is 0. The topological polar surface area (TPSA) is 59.4 Å². The third-order valence-electron chi connectivity index (χ3n) is 3.87. The molecule has 0 amide bonds. The van der Waals surface area contributed by atoms with Crippen LogP contribution in [0.3, 0.4) is 0 Å². The van der Waals surface area contributed by atoms with Crippen molar-refractivity contribution in [1.29, 1.82) is 0 Å². The fraction of sp³-hybridized carbons (Fsp3) is 0.118. The molecule has 2 aromatic heterocycles. The highest BCUT2D eigenvalue weighted by atomic mass is 19.4. The highest BCUT2D eigenvalue weighted by Gasteiger charge is 2.30. The number of halogens is 3. The van der Waals surface area contributed by atoms with Crippen LogP contribution in [0.15, 0.2) is 54.9 Å². The summed E-state index contributed by atoms with van der Waals surface area (Å²) in [5, 5.41) is 15.9. The van der Waals surface area contributed by atoms with E-state index >= 15 is 0 Å². The molecule has 0 fully saturated rings. The number of H-pyrrole nitrogens is 1. The molecule has 0 aliphatic carbocycles. The van der Waals surface area contributed by atoms with Crippen molar-refractivity contribution < 1.29 is 13.2 Å². The third-order valence-corrected chi connectivity index (χ3v) is 3.87. The number of rotatable bonds is 3. The van der Waals surface area contributed by atoms with Crippen LogP contribution in [0.4, 0.5) is 13.2 Å². The lowest BCUT2D eigenvalue weighted by Crippen LogP contribution is -2.07. The van der Waals surface area contributed by atoms with E-state index in [1.165, 1.54) is 10.7 Å². The molecule has 0 aliphatic heterocycles. The molecule has 25 heavy (non-hydrogen) atoms. The van der Waals surface area contributed by atoms with Gasteiger partial charge in [-0.15, -0.1) is 5.10 Å². The van der Waals surface area contributed by atoms with Crippen LogP contribution in [-0.2, 0) is 12.7 Å². The Kier molecular flexibility index (Phi) is 3.52. The van der Waals surface area contributed by atoms with Gasteiger partial charge in [-0.2, -0.15) is 18.3 Å². The van der Waals surface area contributed by atoms with Gasteiger partial charge in [-0.05, 0) is 29.8 Å². The van der Waals surface area contributed by atoms with Crippen molar-refractivity contribution >= 4 is 10.9 Å². The molecule has 2 aromatic carbocycles. The van der Waals surface area contributed by atoms with Crippen LogP contribution in [0.2, 0.25) is 0 Å². The molecule has 126 valence electrons. The van der Waals surface area contributed by atoms with Crippen molar-refractivity contribution in [3.8, 4) is 11.3 Å². The number of aromatic nitrogens is 5. The predicted molar refractivity (Wildman–Crippen MR) is 85.7 cm³/mol. The van der Waals surface area contributed by atoms with Crippen molar-refractivity contribution in [3.05, 3.63) is 66.0 Å². The standard InChI is InChI=1S/C17H12F3N5/c18-17(19,20)14-3-1-2-11(6-14)9-25-10-16(23-24-25)12-4-5-15-13(7-12)8-21-22-15/h1-8,10H,9H2,(H,21,22). The van der Waals surface area contributed by atoms with Gasteiger partial charge < -0.3 is 0 Å². The number of nitrogens with one attached hydrogen (secondary N) is 1. The first-order valence-corrected chi connectivity index (χ1v) is 7.49. The SMILES string of the molecule is FC(F)(F)c1cccc(Cn2cc(-c3ccc4[nH]ncc4c3)nn2)c1. The minimum absolute atomic E-state index is 0.213. The van der Waals surface area contributed by atoms with Crippen LogP contribution in [-0.4, -0.2) is 25.2 Å². The van der Waals surface area contributed by atoms with Gasteiger partial charge >= 0.3 is 6.18 Å². The molecule has 0 saturated heterocycles. The molecule has 0 radical (unpaired) electrons. The Labute approximate surface area is 140 Å². The summed E-state index contributed by atoms with van der Waals surface area (Å²) in [6.45, 7) is 0.213. The minimum atomic E-state index is -4.36. The summed E-state index contributed by atoms with van der Waals surface area (Å²) in [5.41, 5.74) is 2.27. The van der Waals surface area contributed by atoms with Crippen molar-refractivity contribution in [2.24, 2.45) is 0 Å². The average Bonchev–Trinajstić information content (AvgIpc) is 3.22. The number of hydrogen-bond donors (Lipinski definition) is 1. The molecule has 1 N–H and O–H groups in total. The lowest BCUT2D eigenvalue weighted by Gasteiger charge is -2.08. The van der Waals surface area contributed by atoms with Crippen molar-refractivity contribution in [3.63, 3.8) is 0 Å². The second-order valence-corrected chi connectivity index (χ2v) is 5.67. The van der Waals surface area contributed by atoms with Crippen LogP contribution in [0.5, 0.6) is 0 Å². The van der Waals surface area contributed by atoms with Gasteiger partial charge in [0.05, 0.1) is 30.0 Å². The number of alkyl halides is 3. The molecule has 0 saturated carbocycles. The van der Waals surface area contributed by atoms with Crippen molar-refractivity contribution in [2.45, 2.75) is 12.7 Å². The quantitative estimate of drug-likeness (QED) is 0.614. The van der Waals surface area contributed by atoms with E-state index in [4.69, 9.17) is 0 Å². The summed E-state index contributed by atoms with van der Waals surface area (Å²) in [6.07, 6.45) is -0.934. The van der Waals surface area contributed by atoms with E-state index < -0.39 is 11.7 Å². The van der Waals surface area contributed by atoms with Gasteiger partial charge in [0.1, 0.15) is 5.69 Å². The van der Waals surface area contributed by atoms with Crippen LogP contribution in [0, 0.1) is 0 Å². The van der Waals surface area contributed by atoms with Gasteiger partial charge in [-0.3, -0.25) is 5.10 Å². The Hall–Kier alpha value is -3.16. The molecule has 0 atom stereocenters. The molecule has 5 nitrogen and oxygen atoms in total. The highest BCUT2D eigenvalue weighted by Crippen LogP contribution is 2.29. The van der Waals surface area contributed by atoms with Crippen molar-refractivity contribution in [2.75, 3.05) is 0 Å². The van der Waals surface area contributed by atoms with Gasteiger partial charge in [0.2, 0.25) is 0 Å². The van der Waals surface area contributed by atoms with Crippen LogP contribution >= 0.6 is 0 Å². The zero-order chi connectivity index (χ0) is 17.4. The average molecular weight is 343 g/mol. The second-order valence-electron chi connectivity index (χ2n) is 5.67. The van der Waals surface area contributed by atoms with Gasteiger partial charge in [0.15, 0.2) is 0 Å². The number of fused-ring (bicyclic) bond motifs is 1. The highest BCUT2D eigenvalue weighted by molar-refractivity contribution is 5.83. The molecule has 0 spiro atoms. The molecule has 8 heteroatoms. The maximum absolute atomic E-state index is 12.8.